The van der Waals surface area contributed by atoms with Gasteiger partial charge in [0.15, 0.2) is 0 Å². The summed E-state index contributed by atoms with van der Waals surface area (Å²) in [4.78, 5) is 11.6. The molecule has 0 atom stereocenters. The molecule has 98 valence electrons. The van der Waals surface area contributed by atoms with Crippen LogP contribution in [0.3, 0.4) is 0 Å². The molecule has 0 aliphatic carbocycles. The summed E-state index contributed by atoms with van der Waals surface area (Å²) < 4.78 is 39.2. The van der Waals surface area contributed by atoms with E-state index >= 15 is 0 Å². The number of nitrogens with one attached hydrogen (secondary N) is 1. The van der Waals surface area contributed by atoms with E-state index in [9.17, 15) is 18.0 Å². The number of carbonyl (C=O) groups is 1. The molecule has 0 fully saturated rings. The number of hydrogen-bond acceptors (Lipinski definition) is 1. The van der Waals surface area contributed by atoms with E-state index in [0.717, 1.165) is 12.1 Å². The van der Waals surface area contributed by atoms with Gasteiger partial charge in [-0.3, -0.25) is 4.79 Å². The minimum atomic E-state index is -0.791. The van der Waals surface area contributed by atoms with Crippen molar-refractivity contribution in [3.8, 4) is 0 Å². The Bertz CT molecular complexity index is 593. The smallest absolute Gasteiger partial charge is 0.228 e. The van der Waals surface area contributed by atoms with Gasteiger partial charge in [-0.2, -0.15) is 0 Å². The fourth-order valence-corrected chi connectivity index (χ4v) is 1.65. The second-order valence-corrected chi connectivity index (χ2v) is 3.97. The summed E-state index contributed by atoms with van der Waals surface area (Å²) in [6, 6.07) is 8.51. The van der Waals surface area contributed by atoms with Gasteiger partial charge in [-0.15, -0.1) is 0 Å². The Morgan fingerprint density at radius 2 is 1.63 bits per heavy atom. The van der Waals surface area contributed by atoms with Crippen molar-refractivity contribution in [2.45, 2.75) is 6.42 Å². The van der Waals surface area contributed by atoms with Crippen LogP contribution in [0.2, 0.25) is 0 Å². The Morgan fingerprint density at radius 1 is 1.00 bits per heavy atom. The predicted octanol–water partition coefficient (Wildman–Crippen LogP) is 3.29. The molecule has 0 saturated heterocycles. The van der Waals surface area contributed by atoms with Gasteiger partial charge >= 0.3 is 0 Å². The van der Waals surface area contributed by atoms with E-state index in [0.29, 0.717) is 6.07 Å². The number of amides is 1. The van der Waals surface area contributed by atoms with Crippen LogP contribution in [0.15, 0.2) is 42.5 Å². The highest BCUT2D eigenvalue weighted by molar-refractivity contribution is 5.92. The molecule has 0 radical (unpaired) electrons. The Balaban J connectivity index is 2.07. The van der Waals surface area contributed by atoms with Gasteiger partial charge in [-0.1, -0.05) is 18.2 Å². The van der Waals surface area contributed by atoms with Gasteiger partial charge in [-0.05, 0) is 23.8 Å². The first-order chi connectivity index (χ1) is 9.04. The second-order valence-electron chi connectivity index (χ2n) is 3.97. The molecule has 2 rings (SSSR count). The lowest BCUT2D eigenvalue weighted by molar-refractivity contribution is -0.115. The Hall–Kier alpha value is -2.30. The highest BCUT2D eigenvalue weighted by atomic mass is 19.1. The lowest BCUT2D eigenvalue weighted by Gasteiger charge is -2.06. The maximum Gasteiger partial charge on any atom is 0.228 e. The normalized spacial score (nSPS) is 10.3. The van der Waals surface area contributed by atoms with E-state index in [1.807, 2.05) is 0 Å². The number of anilines is 1. The molecule has 0 heterocycles. The van der Waals surface area contributed by atoms with Crippen molar-refractivity contribution >= 4 is 11.6 Å². The lowest BCUT2D eigenvalue weighted by Crippen LogP contribution is -2.15. The average Bonchev–Trinajstić information content (AvgIpc) is 2.30. The first-order valence-electron chi connectivity index (χ1n) is 5.54. The predicted molar refractivity (Wildman–Crippen MR) is 65.1 cm³/mol. The summed E-state index contributed by atoms with van der Waals surface area (Å²) in [6.07, 6.45) is -0.204. The zero-order chi connectivity index (χ0) is 13.8. The molecule has 0 aromatic heterocycles. The van der Waals surface area contributed by atoms with E-state index in [2.05, 4.69) is 5.32 Å². The largest absolute Gasteiger partial charge is 0.326 e. The molecule has 0 bridgehead atoms. The molecule has 0 aliphatic rings. The van der Waals surface area contributed by atoms with Crippen molar-refractivity contribution in [2.24, 2.45) is 0 Å². The summed E-state index contributed by atoms with van der Waals surface area (Å²) in [6.45, 7) is 0. The summed E-state index contributed by atoms with van der Waals surface area (Å²) in [5, 5.41) is 2.31. The van der Waals surface area contributed by atoms with Gasteiger partial charge in [0.25, 0.3) is 0 Å². The lowest BCUT2D eigenvalue weighted by atomic mass is 10.1. The van der Waals surface area contributed by atoms with Crippen molar-refractivity contribution in [3.05, 3.63) is 65.5 Å². The van der Waals surface area contributed by atoms with Crippen LogP contribution >= 0.6 is 0 Å². The van der Waals surface area contributed by atoms with Gasteiger partial charge in [-0.25, -0.2) is 13.2 Å². The summed E-state index contributed by atoms with van der Waals surface area (Å²) in [5.74, 6) is -2.62. The fourth-order valence-electron chi connectivity index (χ4n) is 1.65. The van der Waals surface area contributed by atoms with Crippen LogP contribution in [0.25, 0.3) is 0 Å². The first-order valence-corrected chi connectivity index (χ1v) is 5.54. The molecule has 2 aromatic carbocycles. The van der Waals surface area contributed by atoms with Gasteiger partial charge in [0.1, 0.15) is 17.5 Å². The van der Waals surface area contributed by atoms with Crippen LogP contribution in [0.4, 0.5) is 18.9 Å². The third-order valence-corrected chi connectivity index (χ3v) is 2.46. The third kappa shape index (κ3) is 3.58. The Kier molecular flexibility index (Phi) is 3.85. The van der Waals surface area contributed by atoms with Crippen LogP contribution in [-0.4, -0.2) is 5.91 Å². The first kappa shape index (κ1) is 13.1. The maximum absolute atomic E-state index is 13.3. The fraction of sp³-hybridized carbons (Fsp3) is 0.0714. The summed E-state index contributed by atoms with van der Waals surface area (Å²) in [5.41, 5.74) is 0.218. The molecule has 1 N–H and O–H groups in total. The van der Waals surface area contributed by atoms with E-state index < -0.39 is 23.4 Å². The van der Waals surface area contributed by atoms with E-state index in [-0.39, 0.29) is 17.7 Å². The van der Waals surface area contributed by atoms with Crippen molar-refractivity contribution in [1.29, 1.82) is 0 Å². The molecule has 0 aliphatic heterocycles. The molecule has 5 heteroatoms. The number of benzene rings is 2. The van der Waals surface area contributed by atoms with E-state index in [1.54, 1.807) is 6.07 Å². The zero-order valence-corrected chi connectivity index (χ0v) is 9.79. The van der Waals surface area contributed by atoms with Crippen molar-refractivity contribution < 1.29 is 18.0 Å². The number of rotatable bonds is 3. The van der Waals surface area contributed by atoms with Crippen LogP contribution in [-0.2, 0) is 11.2 Å². The van der Waals surface area contributed by atoms with Crippen LogP contribution in [0.1, 0.15) is 5.56 Å². The van der Waals surface area contributed by atoms with Crippen molar-refractivity contribution in [1.82, 2.24) is 0 Å². The molecule has 0 saturated carbocycles. The monoisotopic (exact) mass is 265 g/mol. The zero-order valence-electron chi connectivity index (χ0n) is 9.79. The van der Waals surface area contributed by atoms with E-state index in [4.69, 9.17) is 0 Å². The van der Waals surface area contributed by atoms with Crippen LogP contribution in [0, 0.1) is 17.5 Å². The SMILES string of the molecule is O=C(Cc1ccccc1F)Nc1cc(F)cc(F)c1. The van der Waals surface area contributed by atoms with Crippen LogP contribution in [0.5, 0.6) is 0 Å². The molecule has 0 spiro atoms. The molecular formula is C14H10F3NO. The van der Waals surface area contributed by atoms with Gasteiger partial charge in [0.2, 0.25) is 5.91 Å². The molecular weight excluding hydrogens is 255 g/mol. The summed E-state index contributed by atoms with van der Waals surface area (Å²) >= 11 is 0. The van der Waals surface area contributed by atoms with Crippen molar-refractivity contribution in [3.63, 3.8) is 0 Å². The Morgan fingerprint density at radius 3 is 2.26 bits per heavy atom. The van der Waals surface area contributed by atoms with Gasteiger partial charge < -0.3 is 5.32 Å². The minimum absolute atomic E-state index is 0.00107. The molecule has 0 unspecified atom stereocenters. The van der Waals surface area contributed by atoms with Crippen molar-refractivity contribution in [2.75, 3.05) is 5.32 Å². The highest BCUT2D eigenvalue weighted by Crippen LogP contribution is 2.14. The standard InChI is InChI=1S/C14H10F3NO/c15-10-6-11(16)8-12(7-10)18-14(19)5-9-3-1-2-4-13(9)17/h1-4,6-8H,5H2,(H,18,19). The van der Waals surface area contributed by atoms with E-state index in [1.165, 1.54) is 18.2 Å². The topological polar surface area (TPSA) is 29.1 Å². The summed E-state index contributed by atoms with van der Waals surface area (Å²) in [7, 11) is 0. The highest BCUT2D eigenvalue weighted by Gasteiger charge is 2.09. The number of carbonyl (C=O) groups excluding carboxylic acids is 1. The molecule has 19 heavy (non-hydrogen) atoms. The maximum atomic E-state index is 13.3. The molecule has 2 aromatic rings. The minimum Gasteiger partial charge on any atom is -0.326 e. The third-order valence-electron chi connectivity index (χ3n) is 2.46. The van der Waals surface area contributed by atoms with Gasteiger partial charge in [0.05, 0.1) is 6.42 Å². The quantitative estimate of drug-likeness (QED) is 0.906. The van der Waals surface area contributed by atoms with Crippen LogP contribution < -0.4 is 5.32 Å². The molecule has 1 amide bonds. The number of hydrogen-bond donors (Lipinski definition) is 1. The second kappa shape index (κ2) is 5.56. The Labute approximate surface area is 107 Å². The molecule has 2 nitrogen and oxygen atoms in total. The van der Waals surface area contributed by atoms with Gasteiger partial charge in [0, 0.05) is 11.8 Å². The number of halogens is 3. The average molecular weight is 265 g/mol.